The van der Waals surface area contributed by atoms with Crippen LogP contribution >= 0.6 is 11.3 Å². The van der Waals surface area contributed by atoms with Crippen molar-refractivity contribution in [3.8, 4) is 39.1 Å². The van der Waals surface area contributed by atoms with E-state index >= 15 is 0 Å². The highest BCUT2D eigenvalue weighted by Gasteiger charge is 2.21. The van der Waals surface area contributed by atoms with Crippen molar-refractivity contribution in [2.45, 2.75) is 52.4 Å². The second kappa shape index (κ2) is 15.8. The molecule has 0 saturated carbocycles. The van der Waals surface area contributed by atoms with Gasteiger partial charge in [0, 0.05) is 53.7 Å². The highest BCUT2D eigenvalue weighted by molar-refractivity contribution is 7.25. The minimum absolute atomic E-state index is 0.0678. The van der Waals surface area contributed by atoms with Crippen molar-refractivity contribution in [2.24, 2.45) is 0 Å². The lowest BCUT2D eigenvalue weighted by Crippen LogP contribution is -2.14. The zero-order valence-electron chi connectivity index (χ0n) is 37.9. The molecule has 11 aromatic rings. The average molecular weight is 857 g/mol. The number of aromatic nitrogens is 1. The van der Waals surface area contributed by atoms with Crippen LogP contribution in [0.3, 0.4) is 0 Å². The molecule has 0 spiro atoms. The second-order valence-corrected chi connectivity index (χ2v) is 20.6. The molecule has 0 atom stereocenters. The van der Waals surface area contributed by atoms with Crippen molar-refractivity contribution in [3.63, 3.8) is 0 Å². The maximum atomic E-state index is 2.45. The third-order valence-electron chi connectivity index (χ3n) is 13.1. The molecule has 0 bridgehead atoms. The van der Waals surface area contributed by atoms with Crippen LogP contribution in [0.2, 0.25) is 0 Å². The van der Waals surface area contributed by atoms with Gasteiger partial charge in [0.05, 0.1) is 11.0 Å². The van der Waals surface area contributed by atoms with E-state index in [1.165, 1.54) is 86.5 Å². The standard InChI is InChI=1S/C62H52N2S/c1-61(2,3)45-26-30-48(31-27-45)63(49-32-28-46(29-33-49)62(4,5)6)50-18-14-15-43(37-50)51-19-10-11-20-52(51)44-24-35-54-53-34-23-42(39-57(53)64(58(54)40-44)47-16-8-7-9-17-47)41-25-36-60-56(38-41)55-21-12-13-22-59(55)65-60/h7-40H,1-6H3. The van der Waals surface area contributed by atoms with Crippen molar-refractivity contribution in [1.29, 1.82) is 0 Å². The first-order valence-corrected chi connectivity index (χ1v) is 23.6. The number of thiophene rings is 1. The third-order valence-corrected chi connectivity index (χ3v) is 14.3. The van der Waals surface area contributed by atoms with E-state index in [4.69, 9.17) is 0 Å². The Morgan fingerprint density at radius 2 is 0.862 bits per heavy atom. The molecule has 9 aromatic carbocycles. The van der Waals surface area contributed by atoms with E-state index in [0.29, 0.717) is 0 Å². The monoisotopic (exact) mass is 856 g/mol. The van der Waals surface area contributed by atoms with Gasteiger partial charge in [0.15, 0.2) is 0 Å². The molecule has 2 aromatic heterocycles. The van der Waals surface area contributed by atoms with E-state index in [9.17, 15) is 0 Å². The van der Waals surface area contributed by atoms with Gasteiger partial charge in [-0.05, 0) is 134 Å². The minimum atomic E-state index is 0.0678. The molecule has 11 rings (SSSR count). The van der Waals surface area contributed by atoms with Gasteiger partial charge in [0.1, 0.15) is 0 Å². The molecule has 2 heterocycles. The van der Waals surface area contributed by atoms with Gasteiger partial charge >= 0.3 is 0 Å². The Morgan fingerprint density at radius 3 is 1.49 bits per heavy atom. The van der Waals surface area contributed by atoms with Crippen molar-refractivity contribution >= 4 is 70.4 Å². The first-order valence-electron chi connectivity index (χ1n) is 22.7. The fraction of sp³-hybridized carbons (Fsp3) is 0.129. The number of anilines is 3. The second-order valence-electron chi connectivity index (χ2n) is 19.5. The van der Waals surface area contributed by atoms with Crippen LogP contribution in [0.15, 0.2) is 206 Å². The van der Waals surface area contributed by atoms with Gasteiger partial charge < -0.3 is 9.47 Å². The van der Waals surface area contributed by atoms with Crippen molar-refractivity contribution in [3.05, 3.63) is 217 Å². The number of benzene rings is 9. The molecule has 316 valence electrons. The Morgan fingerprint density at radius 1 is 0.354 bits per heavy atom. The van der Waals surface area contributed by atoms with Gasteiger partial charge in [-0.25, -0.2) is 0 Å². The van der Waals surface area contributed by atoms with Crippen LogP contribution in [0.25, 0.3) is 81.0 Å². The zero-order chi connectivity index (χ0) is 44.5. The van der Waals surface area contributed by atoms with Gasteiger partial charge in [-0.1, -0.05) is 169 Å². The molecule has 0 aliphatic heterocycles. The number of hydrogen-bond acceptors (Lipinski definition) is 2. The fourth-order valence-electron chi connectivity index (χ4n) is 9.59. The number of nitrogens with zero attached hydrogens (tertiary/aromatic N) is 2. The molecule has 65 heavy (non-hydrogen) atoms. The molecule has 0 radical (unpaired) electrons. The van der Waals surface area contributed by atoms with Crippen molar-refractivity contribution in [1.82, 2.24) is 4.57 Å². The van der Waals surface area contributed by atoms with Crippen LogP contribution in [-0.4, -0.2) is 4.57 Å². The van der Waals surface area contributed by atoms with E-state index < -0.39 is 0 Å². The highest BCUT2D eigenvalue weighted by atomic mass is 32.1. The van der Waals surface area contributed by atoms with Crippen LogP contribution in [0.4, 0.5) is 17.1 Å². The van der Waals surface area contributed by atoms with Crippen LogP contribution in [0, 0.1) is 0 Å². The lowest BCUT2D eigenvalue weighted by Gasteiger charge is -2.28. The third kappa shape index (κ3) is 7.40. The molecular formula is C62H52N2S. The van der Waals surface area contributed by atoms with E-state index in [1.54, 1.807) is 0 Å². The predicted octanol–water partition coefficient (Wildman–Crippen LogP) is 18.2. The first-order chi connectivity index (χ1) is 31.5. The lowest BCUT2D eigenvalue weighted by molar-refractivity contribution is 0.590. The minimum Gasteiger partial charge on any atom is -0.310 e. The molecule has 0 aliphatic rings. The van der Waals surface area contributed by atoms with Crippen LogP contribution in [0.1, 0.15) is 52.7 Å². The summed E-state index contributed by atoms with van der Waals surface area (Å²) in [6.07, 6.45) is 0. The summed E-state index contributed by atoms with van der Waals surface area (Å²) in [4.78, 5) is 2.39. The number of rotatable bonds is 7. The van der Waals surface area contributed by atoms with Crippen molar-refractivity contribution < 1.29 is 0 Å². The Labute approximate surface area is 386 Å². The SMILES string of the molecule is CC(C)(C)c1ccc(N(c2ccc(C(C)(C)C)cc2)c2cccc(-c3ccccc3-c3ccc4c5ccc(-c6ccc7sc8ccccc8c7c6)cc5n(-c5ccccc5)c4c3)c2)cc1. The van der Waals surface area contributed by atoms with E-state index in [2.05, 4.69) is 257 Å². The van der Waals surface area contributed by atoms with Crippen molar-refractivity contribution in [2.75, 3.05) is 4.90 Å². The smallest absolute Gasteiger partial charge is 0.0547 e. The highest BCUT2D eigenvalue weighted by Crippen LogP contribution is 2.43. The molecular weight excluding hydrogens is 805 g/mol. The normalized spacial score (nSPS) is 12.2. The summed E-state index contributed by atoms with van der Waals surface area (Å²) in [7, 11) is 0. The summed E-state index contributed by atoms with van der Waals surface area (Å²) in [6, 6.07) is 76.7. The molecule has 2 nitrogen and oxygen atoms in total. The lowest BCUT2D eigenvalue weighted by atomic mass is 9.86. The summed E-state index contributed by atoms with van der Waals surface area (Å²) >= 11 is 1.87. The van der Waals surface area contributed by atoms with E-state index in [0.717, 1.165) is 22.7 Å². The molecule has 0 N–H and O–H groups in total. The van der Waals surface area contributed by atoms with Gasteiger partial charge in [0.2, 0.25) is 0 Å². The fourth-order valence-corrected chi connectivity index (χ4v) is 10.7. The van der Waals surface area contributed by atoms with Crippen LogP contribution in [-0.2, 0) is 10.8 Å². The summed E-state index contributed by atoms with van der Waals surface area (Å²) in [5, 5.41) is 5.12. The number of fused-ring (bicyclic) bond motifs is 6. The van der Waals surface area contributed by atoms with E-state index in [1.807, 2.05) is 11.3 Å². The Kier molecular flexibility index (Phi) is 9.86. The molecule has 3 heteroatoms. The average Bonchev–Trinajstić information content (AvgIpc) is 3.86. The summed E-state index contributed by atoms with van der Waals surface area (Å²) < 4.78 is 5.10. The van der Waals surface area contributed by atoms with Crippen LogP contribution in [0.5, 0.6) is 0 Å². The first kappa shape index (κ1) is 40.6. The van der Waals surface area contributed by atoms with Gasteiger partial charge in [0.25, 0.3) is 0 Å². The van der Waals surface area contributed by atoms with Gasteiger partial charge in [-0.3, -0.25) is 0 Å². The summed E-state index contributed by atoms with van der Waals surface area (Å²) in [6.45, 7) is 13.6. The maximum absolute atomic E-state index is 2.45. The van der Waals surface area contributed by atoms with Gasteiger partial charge in [-0.15, -0.1) is 11.3 Å². The summed E-state index contributed by atoms with van der Waals surface area (Å²) in [5.41, 5.74) is 16.9. The molecule has 0 fully saturated rings. The Balaban J connectivity index is 1.03. The number of hydrogen-bond donors (Lipinski definition) is 0. The maximum Gasteiger partial charge on any atom is 0.0547 e. The molecule has 0 aliphatic carbocycles. The molecule has 0 unspecified atom stereocenters. The Bertz CT molecular complexity index is 3480. The predicted molar refractivity (Wildman–Crippen MR) is 282 cm³/mol. The van der Waals surface area contributed by atoms with Crippen LogP contribution < -0.4 is 4.90 Å². The zero-order valence-corrected chi connectivity index (χ0v) is 38.7. The van der Waals surface area contributed by atoms with Gasteiger partial charge in [-0.2, -0.15) is 0 Å². The quantitative estimate of drug-likeness (QED) is 0.155. The van der Waals surface area contributed by atoms with E-state index in [-0.39, 0.29) is 10.8 Å². The topological polar surface area (TPSA) is 8.17 Å². The number of para-hydroxylation sites is 1. The summed E-state index contributed by atoms with van der Waals surface area (Å²) in [5.74, 6) is 0. The molecule has 0 amide bonds. The molecule has 0 saturated heterocycles. The Hall–Kier alpha value is -7.20. The largest absolute Gasteiger partial charge is 0.310 e.